The monoisotopic (exact) mass is 300 g/mol. The van der Waals surface area contributed by atoms with Crippen LogP contribution in [0.5, 0.6) is 0 Å². The highest BCUT2D eigenvalue weighted by atomic mass is 16.6. The van der Waals surface area contributed by atoms with Crippen LogP contribution in [-0.4, -0.2) is 36.5 Å². The molecule has 0 amide bonds. The molecule has 2 unspecified atom stereocenters. The van der Waals surface area contributed by atoms with Gasteiger partial charge in [-0.05, 0) is 19.3 Å². The van der Waals surface area contributed by atoms with Crippen LogP contribution in [0.15, 0.2) is 0 Å². The SMILES string of the molecule is CCCCCC1OC1CCCCCCCC(=O)OCCO. The molecule has 0 spiro atoms. The van der Waals surface area contributed by atoms with Crippen molar-refractivity contribution in [2.75, 3.05) is 13.2 Å². The van der Waals surface area contributed by atoms with E-state index in [0.29, 0.717) is 18.6 Å². The van der Waals surface area contributed by atoms with Crippen molar-refractivity contribution >= 4 is 5.97 Å². The summed E-state index contributed by atoms with van der Waals surface area (Å²) in [6.45, 7) is 2.27. The molecule has 124 valence electrons. The van der Waals surface area contributed by atoms with Crippen molar-refractivity contribution in [2.45, 2.75) is 89.8 Å². The van der Waals surface area contributed by atoms with E-state index >= 15 is 0 Å². The Balaban J connectivity index is 1.78. The molecule has 1 aliphatic rings. The van der Waals surface area contributed by atoms with E-state index in [1.807, 2.05) is 0 Å². The minimum Gasteiger partial charge on any atom is -0.463 e. The lowest BCUT2D eigenvalue weighted by Gasteiger charge is -2.03. The van der Waals surface area contributed by atoms with E-state index in [-0.39, 0.29) is 19.2 Å². The molecular formula is C17H32O4. The highest BCUT2D eigenvalue weighted by Gasteiger charge is 2.36. The molecule has 1 heterocycles. The van der Waals surface area contributed by atoms with Crippen LogP contribution in [0.25, 0.3) is 0 Å². The van der Waals surface area contributed by atoms with Crippen LogP contribution < -0.4 is 0 Å². The number of aliphatic hydroxyl groups excluding tert-OH is 1. The number of carbonyl (C=O) groups is 1. The lowest BCUT2D eigenvalue weighted by atomic mass is 10.0. The van der Waals surface area contributed by atoms with Crippen LogP contribution in [0.2, 0.25) is 0 Å². The minimum absolute atomic E-state index is 0.0889. The van der Waals surface area contributed by atoms with Gasteiger partial charge in [-0.25, -0.2) is 0 Å². The topological polar surface area (TPSA) is 59.1 Å². The van der Waals surface area contributed by atoms with Crippen LogP contribution in [0.3, 0.4) is 0 Å². The van der Waals surface area contributed by atoms with E-state index in [1.165, 1.54) is 51.4 Å². The van der Waals surface area contributed by atoms with Crippen molar-refractivity contribution in [1.29, 1.82) is 0 Å². The Bertz CT molecular complexity index is 268. The summed E-state index contributed by atoms with van der Waals surface area (Å²) in [6.07, 6.45) is 13.6. The summed E-state index contributed by atoms with van der Waals surface area (Å²) in [6, 6.07) is 0. The average Bonchev–Trinajstić information content (AvgIpc) is 3.23. The molecule has 1 fully saturated rings. The number of rotatable bonds is 14. The van der Waals surface area contributed by atoms with Crippen molar-refractivity contribution in [3.8, 4) is 0 Å². The van der Waals surface area contributed by atoms with Gasteiger partial charge in [-0.2, -0.15) is 0 Å². The van der Waals surface area contributed by atoms with Crippen LogP contribution in [0.1, 0.15) is 77.6 Å². The molecule has 0 radical (unpaired) electrons. The van der Waals surface area contributed by atoms with Gasteiger partial charge in [0.05, 0.1) is 18.8 Å². The molecule has 4 nitrogen and oxygen atoms in total. The van der Waals surface area contributed by atoms with E-state index in [2.05, 4.69) is 6.92 Å². The average molecular weight is 300 g/mol. The molecule has 21 heavy (non-hydrogen) atoms. The molecule has 1 N–H and O–H groups in total. The molecule has 0 saturated carbocycles. The normalized spacial score (nSPS) is 20.5. The quantitative estimate of drug-likeness (QED) is 0.302. The highest BCUT2D eigenvalue weighted by molar-refractivity contribution is 5.69. The molecule has 2 atom stereocenters. The molecular weight excluding hydrogens is 268 g/mol. The van der Waals surface area contributed by atoms with E-state index < -0.39 is 0 Å². The fraction of sp³-hybridized carbons (Fsp3) is 0.941. The number of epoxide rings is 1. The third-order valence-electron chi connectivity index (χ3n) is 4.00. The second kappa shape index (κ2) is 12.0. The summed E-state index contributed by atoms with van der Waals surface area (Å²) in [5.41, 5.74) is 0. The Labute approximate surface area is 129 Å². The van der Waals surface area contributed by atoms with Gasteiger partial charge in [0, 0.05) is 6.42 Å². The minimum atomic E-state index is -0.189. The van der Waals surface area contributed by atoms with Crippen LogP contribution in [-0.2, 0) is 14.3 Å². The first-order chi connectivity index (χ1) is 10.3. The smallest absolute Gasteiger partial charge is 0.305 e. The fourth-order valence-electron chi connectivity index (χ4n) is 2.66. The Hall–Kier alpha value is -0.610. The zero-order valence-corrected chi connectivity index (χ0v) is 13.5. The van der Waals surface area contributed by atoms with E-state index in [0.717, 1.165) is 12.8 Å². The third-order valence-corrected chi connectivity index (χ3v) is 4.00. The van der Waals surface area contributed by atoms with Crippen molar-refractivity contribution < 1.29 is 19.4 Å². The van der Waals surface area contributed by atoms with Crippen molar-refractivity contribution in [1.82, 2.24) is 0 Å². The first kappa shape index (κ1) is 18.4. The maximum atomic E-state index is 11.2. The van der Waals surface area contributed by atoms with Crippen molar-refractivity contribution in [2.24, 2.45) is 0 Å². The number of unbranched alkanes of at least 4 members (excludes halogenated alkanes) is 6. The predicted octanol–water partition coefficient (Wildman–Crippen LogP) is 3.60. The molecule has 0 aromatic heterocycles. The highest BCUT2D eigenvalue weighted by Crippen LogP contribution is 2.31. The number of esters is 1. The van der Waals surface area contributed by atoms with Gasteiger partial charge in [0.15, 0.2) is 0 Å². The van der Waals surface area contributed by atoms with E-state index in [1.54, 1.807) is 0 Å². The number of ether oxygens (including phenoxy) is 2. The van der Waals surface area contributed by atoms with Gasteiger partial charge < -0.3 is 14.6 Å². The first-order valence-corrected chi connectivity index (χ1v) is 8.70. The molecule has 1 saturated heterocycles. The van der Waals surface area contributed by atoms with Gasteiger partial charge in [0.1, 0.15) is 6.61 Å². The van der Waals surface area contributed by atoms with Crippen LogP contribution in [0, 0.1) is 0 Å². The Morgan fingerprint density at radius 3 is 2.29 bits per heavy atom. The van der Waals surface area contributed by atoms with Gasteiger partial charge in [-0.15, -0.1) is 0 Å². The maximum Gasteiger partial charge on any atom is 0.305 e. The number of carbonyl (C=O) groups excluding carboxylic acids is 1. The number of aliphatic hydroxyl groups is 1. The van der Waals surface area contributed by atoms with Crippen molar-refractivity contribution in [3.63, 3.8) is 0 Å². The summed E-state index contributed by atoms with van der Waals surface area (Å²) in [7, 11) is 0. The summed E-state index contributed by atoms with van der Waals surface area (Å²) in [5, 5.41) is 8.53. The Morgan fingerprint density at radius 1 is 1.00 bits per heavy atom. The number of hydrogen-bond donors (Lipinski definition) is 1. The summed E-state index contributed by atoms with van der Waals surface area (Å²) < 4.78 is 10.5. The van der Waals surface area contributed by atoms with Gasteiger partial charge in [-0.3, -0.25) is 4.79 Å². The molecule has 1 rings (SSSR count). The predicted molar refractivity (Wildman–Crippen MR) is 83.2 cm³/mol. The molecule has 4 heteroatoms. The second-order valence-electron chi connectivity index (χ2n) is 5.96. The van der Waals surface area contributed by atoms with E-state index in [4.69, 9.17) is 14.6 Å². The lowest BCUT2D eigenvalue weighted by molar-refractivity contribution is -0.144. The van der Waals surface area contributed by atoms with Crippen LogP contribution in [0.4, 0.5) is 0 Å². The first-order valence-electron chi connectivity index (χ1n) is 8.70. The zero-order chi connectivity index (χ0) is 15.3. The summed E-state index contributed by atoms with van der Waals surface area (Å²) in [5.74, 6) is -0.189. The maximum absolute atomic E-state index is 11.2. The summed E-state index contributed by atoms with van der Waals surface area (Å²) >= 11 is 0. The fourth-order valence-corrected chi connectivity index (χ4v) is 2.66. The Kier molecular flexibility index (Phi) is 10.5. The van der Waals surface area contributed by atoms with Crippen molar-refractivity contribution in [3.05, 3.63) is 0 Å². The number of hydrogen-bond acceptors (Lipinski definition) is 4. The summed E-state index contributed by atoms with van der Waals surface area (Å²) in [4.78, 5) is 11.2. The molecule has 1 aliphatic heterocycles. The van der Waals surface area contributed by atoms with E-state index in [9.17, 15) is 4.79 Å². The van der Waals surface area contributed by atoms with Crippen LogP contribution >= 0.6 is 0 Å². The zero-order valence-electron chi connectivity index (χ0n) is 13.5. The van der Waals surface area contributed by atoms with Gasteiger partial charge in [-0.1, -0.05) is 51.9 Å². The molecule has 0 bridgehead atoms. The molecule has 0 aromatic carbocycles. The largest absolute Gasteiger partial charge is 0.463 e. The Morgan fingerprint density at radius 2 is 1.62 bits per heavy atom. The molecule has 0 aliphatic carbocycles. The van der Waals surface area contributed by atoms with Gasteiger partial charge in [0.2, 0.25) is 0 Å². The standard InChI is InChI=1S/C17H32O4/c1-2-3-7-10-15-16(21-15)11-8-5-4-6-9-12-17(19)20-14-13-18/h15-16,18H,2-14H2,1H3. The van der Waals surface area contributed by atoms with Gasteiger partial charge in [0.25, 0.3) is 0 Å². The lowest BCUT2D eigenvalue weighted by Crippen LogP contribution is -2.07. The molecule has 0 aromatic rings. The van der Waals surface area contributed by atoms with Gasteiger partial charge >= 0.3 is 5.97 Å². The second-order valence-corrected chi connectivity index (χ2v) is 5.96. The third kappa shape index (κ3) is 9.86.